The smallest absolute Gasteiger partial charge is 0.225 e. The summed E-state index contributed by atoms with van der Waals surface area (Å²) < 4.78 is 5.37. The summed E-state index contributed by atoms with van der Waals surface area (Å²) in [7, 11) is 0. The minimum Gasteiger partial charge on any atom is -0.378 e. The Hall–Kier alpha value is -0.610. The number of carbonyl (C=O) groups is 1. The van der Waals surface area contributed by atoms with Crippen molar-refractivity contribution < 1.29 is 9.53 Å². The van der Waals surface area contributed by atoms with Crippen LogP contribution in [0.2, 0.25) is 0 Å². The highest BCUT2D eigenvalue weighted by molar-refractivity contribution is 5.79. The standard InChI is InChI=1S/C11H22N2O2/c1-7(2)10(5-12)13-11(14)9-4-8(3)15-6-9/h7-10H,4-6,12H2,1-3H3,(H,13,14). The highest BCUT2D eigenvalue weighted by Gasteiger charge is 2.29. The Morgan fingerprint density at radius 1 is 1.60 bits per heavy atom. The topological polar surface area (TPSA) is 64.4 Å². The van der Waals surface area contributed by atoms with Gasteiger partial charge in [-0.15, -0.1) is 0 Å². The summed E-state index contributed by atoms with van der Waals surface area (Å²) in [4.78, 5) is 11.8. The minimum atomic E-state index is 0.00722. The van der Waals surface area contributed by atoms with E-state index in [0.29, 0.717) is 19.1 Å². The van der Waals surface area contributed by atoms with Gasteiger partial charge in [-0.3, -0.25) is 4.79 Å². The van der Waals surface area contributed by atoms with E-state index in [4.69, 9.17) is 10.5 Å². The molecule has 4 heteroatoms. The lowest BCUT2D eigenvalue weighted by Crippen LogP contribution is -2.46. The van der Waals surface area contributed by atoms with Crippen LogP contribution in [-0.4, -0.2) is 31.2 Å². The predicted octanol–water partition coefficient (Wildman–Crippen LogP) is 0.511. The van der Waals surface area contributed by atoms with Crippen LogP contribution in [0.25, 0.3) is 0 Å². The third kappa shape index (κ3) is 3.47. The molecule has 3 atom stereocenters. The number of carbonyl (C=O) groups excluding carboxylic acids is 1. The molecule has 1 fully saturated rings. The zero-order valence-electron chi connectivity index (χ0n) is 9.82. The molecule has 1 amide bonds. The largest absolute Gasteiger partial charge is 0.378 e. The van der Waals surface area contributed by atoms with Crippen LogP contribution in [0.1, 0.15) is 27.2 Å². The monoisotopic (exact) mass is 214 g/mol. The van der Waals surface area contributed by atoms with Crippen molar-refractivity contribution >= 4 is 5.91 Å². The summed E-state index contributed by atoms with van der Waals surface area (Å²) in [6.45, 7) is 7.15. The first kappa shape index (κ1) is 12.5. The second-order valence-corrected chi connectivity index (χ2v) is 4.67. The minimum absolute atomic E-state index is 0.00722. The average molecular weight is 214 g/mol. The van der Waals surface area contributed by atoms with E-state index in [2.05, 4.69) is 19.2 Å². The zero-order valence-corrected chi connectivity index (χ0v) is 9.82. The van der Waals surface area contributed by atoms with Crippen LogP contribution < -0.4 is 11.1 Å². The van der Waals surface area contributed by atoms with Crippen molar-refractivity contribution in [1.82, 2.24) is 5.32 Å². The molecule has 1 saturated heterocycles. The van der Waals surface area contributed by atoms with E-state index in [0.717, 1.165) is 6.42 Å². The van der Waals surface area contributed by atoms with Gasteiger partial charge in [0.15, 0.2) is 0 Å². The Kier molecular flexibility index (Phi) is 4.54. The highest BCUT2D eigenvalue weighted by Crippen LogP contribution is 2.19. The Morgan fingerprint density at radius 2 is 2.27 bits per heavy atom. The van der Waals surface area contributed by atoms with Gasteiger partial charge in [0, 0.05) is 12.6 Å². The molecule has 1 aliphatic heterocycles. The summed E-state index contributed by atoms with van der Waals surface area (Å²) >= 11 is 0. The fourth-order valence-corrected chi connectivity index (χ4v) is 1.80. The number of amides is 1. The molecule has 0 bridgehead atoms. The van der Waals surface area contributed by atoms with Crippen LogP contribution in [0.5, 0.6) is 0 Å². The molecule has 88 valence electrons. The van der Waals surface area contributed by atoms with E-state index in [1.54, 1.807) is 0 Å². The number of ether oxygens (including phenoxy) is 1. The molecular formula is C11H22N2O2. The maximum Gasteiger partial charge on any atom is 0.225 e. The Morgan fingerprint density at radius 3 is 2.67 bits per heavy atom. The molecular weight excluding hydrogens is 192 g/mol. The SMILES string of the molecule is CC1CC(C(=O)NC(CN)C(C)C)CO1. The summed E-state index contributed by atoms with van der Waals surface area (Å²) in [6.07, 6.45) is 1.03. The first-order valence-electron chi connectivity index (χ1n) is 5.66. The molecule has 0 radical (unpaired) electrons. The van der Waals surface area contributed by atoms with Crippen LogP contribution in [0.3, 0.4) is 0 Å². The molecule has 3 N–H and O–H groups in total. The molecule has 1 rings (SSSR count). The van der Waals surface area contributed by atoms with Gasteiger partial charge in [0.2, 0.25) is 5.91 Å². The molecule has 0 aromatic heterocycles. The first-order chi connectivity index (χ1) is 7.04. The number of hydrogen-bond acceptors (Lipinski definition) is 3. The number of nitrogens with two attached hydrogens (primary N) is 1. The van der Waals surface area contributed by atoms with E-state index in [1.165, 1.54) is 0 Å². The van der Waals surface area contributed by atoms with E-state index in [9.17, 15) is 4.79 Å². The Bertz CT molecular complexity index is 219. The normalized spacial score (nSPS) is 28.1. The van der Waals surface area contributed by atoms with Crippen LogP contribution in [0.4, 0.5) is 0 Å². The molecule has 0 spiro atoms. The quantitative estimate of drug-likeness (QED) is 0.716. The maximum absolute atomic E-state index is 11.8. The molecule has 3 unspecified atom stereocenters. The van der Waals surface area contributed by atoms with Crippen LogP contribution in [0, 0.1) is 11.8 Å². The number of rotatable bonds is 4. The van der Waals surface area contributed by atoms with Crippen molar-refractivity contribution in [3.05, 3.63) is 0 Å². The Balaban J connectivity index is 2.40. The number of hydrogen-bond donors (Lipinski definition) is 2. The lowest BCUT2D eigenvalue weighted by atomic mass is 10.0. The van der Waals surface area contributed by atoms with Crippen molar-refractivity contribution in [2.75, 3.05) is 13.2 Å². The van der Waals surface area contributed by atoms with Gasteiger partial charge in [-0.25, -0.2) is 0 Å². The zero-order chi connectivity index (χ0) is 11.4. The van der Waals surface area contributed by atoms with Crippen LogP contribution in [0.15, 0.2) is 0 Å². The van der Waals surface area contributed by atoms with Crippen molar-refractivity contribution in [2.24, 2.45) is 17.6 Å². The average Bonchev–Trinajstić information content (AvgIpc) is 2.60. The second kappa shape index (κ2) is 5.47. The molecule has 15 heavy (non-hydrogen) atoms. The lowest BCUT2D eigenvalue weighted by Gasteiger charge is -2.22. The molecule has 0 aliphatic carbocycles. The summed E-state index contributed by atoms with van der Waals surface area (Å²) in [6, 6.07) is 0.0772. The van der Waals surface area contributed by atoms with E-state index >= 15 is 0 Å². The number of nitrogens with one attached hydrogen (secondary N) is 1. The molecule has 1 heterocycles. The molecule has 0 aromatic rings. The third-order valence-electron chi connectivity index (χ3n) is 2.96. The highest BCUT2D eigenvalue weighted by atomic mass is 16.5. The van der Waals surface area contributed by atoms with Crippen LogP contribution >= 0.6 is 0 Å². The second-order valence-electron chi connectivity index (χ2n) is 4.67. The van der Waals surface area contributed by atoms with E-state index in [-0.39, 0.29) is 24.0 Å². The van der Waals surface area contributed by atoms with Gasteiger partial charge in [-0.1, -0.05) is 13.8 Å². The summed E-state index contributed by atoms with van der Waals surface area (Å²) in [5.41, 5.74) is 5.60. The van der Waals surface area contributed by atoms with Crippen molar-refractivity contribution in [1.29, 1.82) is 0 Å². The fraction of sp³-hybridized carbons (Fsp3) is 0.909. The predicted molar refractivity (Wildman–Crippen MR) is 59.3 cm³/mol. The van der Waals surface area contributed by atoms with E-state index in [1.807, 2.05) is 6.92 Å². The molecule has 4 nitrogen and oxygen atoms in total. The van der Waals surface area contributed by atoms with Gasteiger partial charge in [0.25, 0.3) is 0 Å². The summed E-state index contributed by atoms with van der Waals surface area (Å²) in [5, 5.41) is 2.98. The van der Waals surface area contributed by atoms with E-state index < -0.39 is 0 Å². The molecule has 0 saturated carbocycles. The molecule has 0 aromatic carbocycles. The van der Waals surface area contributed by atoms with Crippen molar-refractivity contribution in [3.8, 4) is 0 Å². The van der Waals surface area contributed by atoms with Gasteiger partial charge >= 0.3 is 0 Å². The lowest BCUT2D eigenvalue weighted by molar-refractivity contribution is -0.125. The van der Waals surface area contributed by atoms with Gasteiger partial charge in [-0.2, -0.15) is 0 Å². The van der Waals surface area contributed by atoms with Gasteiger partial charge in [-0.05, 0) is 19.3 Å². The first-order valence-corrected chi connectivity index (χ1v) is 5.66. The maximum atomic E-state index is 11.8. The van der Waals surface area contributed by atoms with Crippen molar-refractivity contribution in [2.45, 2.75) is 39.3 Å². The van der Waals surface area contributed by atoms with Crippen LogP contribution in [-0.2, 0) is 9.53 Å². The fourth-order valence-electron chi connectivity index (χ4n) is 1.80. The summed E-state index contributed by atoms with van der Waals surface area (Å²) in [5.74, 6) is 0.468. The Labute approximate surface area is 91.5 Å². The van der Waals surface area contributed by atoms with Gasteiger partial charge < -0.3 is 15.8 Å². The van der Waals surface area contributed by atoms with Crippen molar-refractivity contribution in [3.63, 3.8) is 0 Å². The third-order valence-corrected chi connectivity index (χ3v) is 2.96. The van der Waals surface area contributed by atoms with Gasteiger partial charge in [0.05, 0.1) is 18.6 Å². The van der Waals surface area contributed by atoms with Gasteiger partial charge in [0.1, 0.15) is 0 Å². The molecule has 1 aliphatic rings.